The van der Waals surface area contributed by atoms with Crippen molar-refractivity contribution in [2.24, 2.45) is 0 Å². The molecule has 96 valence electrons. The highest BCUT2D eigenvalue weighted by molar-refractivity contribution is 5.84. The van der Waals surface area contributed by atoms with Crippen LogP contribution in [0.1, 0.15) is 26.3 Å². The summed E-state index contributed by atoms with van der Waals surface area (Å²) in [5.41, 5.74) is 0.450. The third kappa shape index (κ3) is 2.77. The number of fused-ring (bicyclic) bond motifs is 1. The molecule has 0 aromatic carbocycles. The van der Waals surface area contributed by atoms with Crippen molar-refractivity contribution >= 4 is 17.7 Å². The Morgan fingerprint density at radius 3 is 2.67 bits per heavy atom. The second-order valence-corrected chi connectivity index (χ2v) is 5.07. The Kier molecular flexibility index (Phi) is 2.94. The molecule has 1 N–H and O–H groups in total. The van der Waals surface area contributed by atoms with E-state index in [0.717, 1.165) is 5.56 Å². The fourth-order valence-electron chi connectivity index (χ4n) is 1.47. The average Bonchev–Trinajstić information content (AvgIpc) is 2.58. The van der Waals surface area contributed by atoms with Gasteiger partial charge in [0, 0.05) is 12.4 Å². The predicted molar refractivity (Wildman–Crippen MR) is 67.6 cm³/mol. The Labute approximate surface area is 105 Å². The first-order chi connectivity index (χ1) is 8.35. The van der Waals surface area contributed by atoms with Gasteiger partial charge in [-0.2, -0.15) is 0 Å². The Bertz CT molecular complexity index is 583. The van der Waals surface area contributed by atoms with Gasteiger partial charge >= 0.3 is 6.09 Å². The lowest BCUT2D eigenvalue weighted by molar-refractivity contribution is 0.0635. The number of carbonyl (C=O) groups excluding carboxylic acids is 1. The number of aryl methyl sites for hydroxylation is 1. The van der Waals surface area contributed by atoms with E-state index < -0.39 is 11.7 Å². The van der Waals surface area contributed by atoms with Crippen molar-refractivity contribution in [1.82, 2.24) is 14.4 Å². The molecule has 2 rings (SSSR count). The maximum atomic E-state index is 11.7. The molecule has 2 aromatic heterocycles. The van der Waals surface area contributed by atoms with E-state index in [2.05, 4.69) is 15.3 Å². The van der Waals surface area contributed by atoms with E-state index in [-0.39, 0.29) is 0 Å². The number of imidazole rings is 1. The SMILES string of the molecule is Cc1cnc2ncc(NC(=O)OC(C)(C)C)n2c1. The van der Waals surface area contributed by atoms with Crippen molar-refractivity contribution < 1.29 is 9.53 Å². The second kappa shape index (κ2) is 4.29. The average molecular weight is 248 g/mol. The molecule has 6 nitrogen and oxygen atoms in total. The summed E-state index contributed by atoms with van der Waals surface area (Å²) in [6.45, 7) is 7.36. The van der Waals surface area contributed by atoms with Gasteiger partial charge in [-0.15, -0.1) is 0 Å². The van der Waals surface area contributed by atoms with Crippen LogP contribution in [-0.4, -0.2) is 26.1 Å². The molecule has 2 aromatic rings. The molecular formula is C12H16N4O2. The van der Waals surface area contributed by atoms with Gasteiger partial charge in [-0.25, -0.2) is 14.8 Å². The minimum absolute atomic E-state index is 0.509. The van der Waals surface area contributed by atoms with Gasteiger partial charge in [-0.05, 0) is 33.3 Å². The zero-order valence-electron chi connectivity index (χ0n) is 10.9. The van der Waals surface area contributed by atoms with Gasteiger partial charge in [0.25, 0.3) is 0 Å². The fourth-order valence-corrected chi connectivity index (χ4v) is 1.47. The summed E-state index contributed by atoms with van der Waals surface area (Å²) in [7, 11) is 0. The van der Waals surface area contributed by atoms with E-state index >= 15 is 0 Å². The molecule has 0 bridgehead atoms. The summed E-state index contributed by atoms with van der Waals surface area (Å²) in [4.78, 5) is 19.9. The monoisotopic (exact) mass is 248 g/mol. The van der Waals surface area contributed by atoms with Crippen LogP contribution < -0.4 is 5.32 Å². The third-order valence-electron chi connectivity index (χ3n) is 2.12. The molecule has 0 radical (unpaired) electrons. The van der Waals surface area contributed by atoms with Crippen LogP contribution in [0.3, 0.4) is 0 Å². The second-order valence-electron chi connectivity index (χ2n) is 5.07. The van der Waals surface area contributed by atoms with Crippen LogP contribution >= 0.6 is 0 Å². The standard InChI is InChI=1S/C12H16N4O2/c1-8-5-13-10-14-6-9(16(10)7-8)15-11(17)18-12(2,3)4/h5-7H,1-4H3,(H,15,17). The Balaban J connectivity index is 2.22. The third-order valence-corrected chi connectivity index (χ3v) is 2.12. The molecule has 6 heteroatoms. The molecule has 1 amide bonds. The number of hydrogen-bond donors (Lipinski definition) is 1. The summed E-state index contributed by atoms with van der Waals surface area (Å²) < 4.78 is 6.89. The first-order valence-corrected chi connectivity index (χ1v) is 5.65. The maximum absolute atomic E-state index is 11.7. The van der Waals surface area contributed by atoms with E-state index in [1.54, 1.807) is 16.8 Å². The highest BCUT2D eigenvalue weighted by Gasteiger charge is 2.17. The van der Waals surface area contributed by atoms with Crippen LogP contribution in [0.15, 0.2) is 18.6 Å². The Morgan fingerprint density at radius 2 is 2.00 bits per heavy atom. The van der Waals surface area contributed by atoms with Crippen LogP contribution in [0.4, 0.5) is 10.6 Å². The predicted octanol–water partition coefficient (Wildman–Crippen LogP) is 2.38. The smallest absolute Gasteiger partial charge is 0.413 e. The lowest BCUT2D eigenvalue weighted by Gasteiger charge is -2.19. The molecule has 0 fully saturated rings. The van der Waals surface area contributed by atoms with Gasteiger partial charge in [0.05, 0.1) is 6.20 Å². The van der Waals surface area contributed by atoms with Crippen molar-refractivity contribution in [2.45, 2.75) is 33.3 Å². The molecule has 0 aliphatic heterocycles. The lowest BCUT2D eigenvalue weighted by Crippen LogP contribution is -2.27. The number of nitrogens with one attached hydrogen (secondary N) is 1. The number of carbonyl (C=O) groups is 1. The minimum Gasteiger partial charge on any atom is -0.444 e. The number of anilines is 1. The lowest BCUT2D eigenvalue weighted by atomic mass is 10.2. The van der Waals surface area contributed by atoms with Crippen molar-refractivity contribution in [3.8, 4) is 0 Å². The van der Waals surface area contributed by atoms with Crippen molar-refractivity contribution in [2.75, 3.05) is 5.32 Å². The van der Waals surface area contributed by atoms with Gasteiger partial charge in [-0.3, -0.25) is 9.72 Å². The van der Waals surface area contributed by atoms with E-state index in [4.69, 9.17) is 4.74 Å². The van der Waals surface area contributed by atoms with Crippen LogP contribution in [0, 0.1) is 6.92 Å². The van der Waals surface area contributed by atoms with Crippen molar-refractivity contribution in [1.29, 1.82) is 0 Å². The van der Waals surface area contributed by atoms with E-state index in [1.165, 1.54) is 0 Å². The minimum atomic E-state index is -0.529. The zero-order chi connectivity index (χ0) is 13.3. The highest BCUT2D eigenvalue weighted by atomic mass is 16.6. The van der Waals surface area contributed by atoms with E-state index in [9.17, 15) is 4.79 Å². The van der Waals surface area contributed by atoms with Gasteiger partial charge in [0.2, 0.25) is 5.78 Å². The molecular weight excluding hydrogens is 232 g/mol. The molecule has 0 unspecified atom stereocenters. The quantitative estimate of drug-likeness (QED) is 0.841. The molecule has 18 heavy (non-hydrogen) atoms. The normalized spacial score (nSPS) is 11.6. The summed E-state index contributed by atoms with van der Waals surface area (Å²) in [6.07, 6.45) is 4.61. The number of amides is 1. The van der Waals surface area contributed by atoms with Crippen molar-refractivity contribution in [3.05, 3.63) is 24.2 Å². The highest BCUT2D eigenvalue weighted by Crippen LogP contribution is 2.13. The van der Waals surface area contributed by atoms with Crippen molar-refractivity contribution in [3.63, 3.8) is 0 Å². The van der Waals surface area contributed by atoms with Gasteiger partial charge in [0.15, 0.2) is 0 Å². The molecule has 0 atom stereocenters. The number of rotatable bonds is 1. The summed E-state index contributed by atoms with van der Waals surface area (Å²) in [5.74, 6) is 1.07. The summed E-state index contributed by atoms with van der Waals surface area (Å²) >= 11 is 0. The molecule has 0 spiro atoms. The molecule has 0 saturated heterocycles. The molecule has 0 aliphatic carbocycles. The molecule has 0 saturated carbocycles. The summed E-state index contributed by atoms with van der Waals surface area (Å²) in [5, 5.41) is 2.65. The van der Waals surface area contributed by atoms with Gasteiger partial charge < -0.3 is 4.74 Å². The first-order valence-electron chi connectivity index (χ1n) is 5.65. The summed E-state index contributed by atoms with van der Waals surface area (Å²) in [6, 6.07) is 0. The van der Waals surface area contributed by atoms with Crippen LogP contribution in [0.25, 0.3) is 5.78 Å². The Hall–Kier alpha value is -2.11. The number of aromatic nitrogens is 3. The molecule has 0 aliphatic rings. The number of ether oxygens (including phenoxy) is 1. The van der Waals surface area contributed by atoms with Gasteiger partial charge in [-0.1, -0.05) is 0 Å². The van der Waals surface area contributed by atoms with Crippen LogP contribution in [0.5, 0.6) is 0 Å². The zero-order valence-corrected chi connectivity index (χ0v) is 10.9. The largest absolute Gasteiger partial charge is 0.444 e. The van der Waals surface area contributed by atoms with E-state index in [0.29, 0.717) is 11.6 Å². The molecule has 2 heterocycles. The van der Waals surface area contributed by atoms with Crippen LogP contribution in [0.2, 0.25) is 0 Å². The number of nitrogens with zero attached hydrogens (tertiary/aromatic N) is 3. The number of hydrogen-bond acceptors (Lipinski definition) is 4. The van der Waals surface area contributed by atoms with Crippen LogP contribution in [-0.2, 0) is 4.74 Å². The van der Waals surface area contributed by atoms with E-state index in [1.807, 2.05) is 33.9 Å². The maximum Gasteiger partial charge on any atom is 0.413 e. The Morgan fingerprint density at radius 1 is 1.33 bits per heavy atom. The first kappa shape index (κ1) is 12.3. The van der Waals surface area contributed by atoms with Gasteiger partial charge in [0.1, 0.15) is 11.4 Å². The topological polar surface area (TPSA) is 68.5 Å². The fraction of sp³-hybridized carbons (Fsp3) is 0.417.